The molecule has 0 N–H and O–H groups in total. The van der Waals surface area contributed by atoms with Crippen molar-refractivity contribution >= 4 is 11.6 Å². The highest BCUT2D eigenvalue weighted by atomic mass is 35.5. The summed E-state index contributed by atoms with van der Waals surface area (Å²) in [4.78, 5) is 0. The summed E-state index contributed by atoms with van der Waals surface area (Å²) in [6, 6.07) is 6.10. The third-order valence-corrected chi connectivity index (χ3v) is 4.31. The Morgan fingerprint density at radius 2 is 1.74 bits per heavy atom. The van der Waals surface area contributed by atoms with E-state index in [4.69, 9.17) is 21.1 Å². The van der Waals surface area contributed by atoms with Crippen molar-refractivity contribution in [2.45, 2.75) is 44.9 Å². The van der Waals surface area contributed by atoms with Gasteiger partial charge in [0, 0.05) is 0 Å². The van der Waals surface area contributed by atoms with Crippen LogP contribution in [0.25, 0.3) is 0 Å². The zero-order chi connectivity index (χ0) is 13.7. The van der Waals surface area contributed by atoms with Crippen molar-refractivity contribution in [2.24, 2.45) is 5.92 Å². The molecule has 106 valence electrons. The second-order valence-corrected chi connectivity index (χ2v) is 5.49. The summed E-state index contributed by atoms with van der Waals surface area (Å²) < 4.78 is 11.2. The fourth-order valence-electron chi connectivity index (χ4n) is 2.76. The van der Waals surface area contributed by atoms with Gasteiger partial charge in [-0.25, -0.2) is 0 Å². The molecule has 0 radical (unpaired) electrons. The van der Waals surface area contributed by atoms with Gasteiger partial charge in [0.25, 0.3) is 0 Å². The van der Waals surface area contributed by atoms with Crippen LogP contribution < -0.4 is 9.47 Å². The molecular weight excluding hydrogens is 260 g/mol. The SMILES string of the molecule is CCOc1ccc(C(Cl)C2CCCC2)cc1OCC. The smallest absolute Gasteiger partial charge is 0.161 e. The molecule has 1 unspecified atom stereocenters. The van der Waals surface area contributed by atoms with E-state index >= 15 is 0 Å². The molecule has 3 heteroatoms. The third-order valence-electron chi connectivity index (χ3n) is 3.70. The van der Waals surface area contributed by atoms with E-state index in [-0.39, 0.29) is 5.38 Å². The van der Waals surface area contributed by atoms with Crippen molar-refractivity contribution in [3.8, 4) is 11.5 Å². The lowest BCUT2D eigenvalue weighted by Crippen LogP contribution is -2.05. The molecule has 1 aliphatic carbocycles. The maximum Gasteiger partial charge on any atom is 0.161 e. The Labute approximate surface area is 121 Å². The molecule has 1 aromatic rings. The fraction of sp³-hybridized carbons (Fsp3) is 0.625. The molecule has 0 saturated heterocycles. The molecule has 1 fully saturated rings. The molecule has 1 aliphatic rings. The van der Waals surface area contributed by atoms with Gasteiger partial charge in [-0.15, -0.1) is 11.6 Å². The number of ether oxygens (including phenoxy) is 2. The van der Waals surface area contributed by atoms with E-state index < -0.39 is 0 Å². The van der Waals surface area contributed by atoms with E-state index in [1.807, 2.05) is 26.0 Å². The second kappa shape index (κ2) is 7.04. The predicted octanol–water partition coefficient (Wildman–Crippen LogP) is 4.95. The first-order valence-electron chi connectivity index (χ1n) is 7.29. The third kappa shape index (κ3) is 3.56. The van der Waals surface area contributed by atoms with Crippen molar-refractivity contribution in [3.63, 3.8) is 0 Å². The van der Waals surface area contributed by atoms with Crippen molar-refractivity contribution in [3.05, 3.63) is 23.8 Å². The van der Waals surface area contributed by atoms with Gasteiger partial charge in [0.15, 0.2) is 11.5 Å². The zero-order valence-electron chi connectivity index (χ0n) is 11.8. The normalized spacial score (nSPS) is 17.4. The molecule has 0 aromatic heterocycles. The van der Waals surface area contributed by atoms with Gasteiger partial charge in [0.1, 0.15) is 0 Å². The maximum atomic E-state index is 6.62. The van der Waals surface area contributed by atoms with Crippen LogP contribution in [0, 0.1) is 5.92 Å². The molecule has 19 heavy (non-hydrogen) atoms. The van der Waals surface area contributed by atoms with Gasteiger partial charge in [0.2, 0.25) is 0 Å². The molecule has 0 spiro atoms. The van der Waals surface area contributed by atoms with Gasteiger partial charge in [-0.3, -0.25) is 0 Å². The molecule has 0 aliphatic heterocycles. The summed E-state index contributed by atoms with van der Waals surface area (Å²) in [6.07, 6.45) is 5.10. The van der Waals surface area contributed by atoms with Crippen LogP contribution in [0.5, 0.6) is 11.5 Å². The van der Waals surface area contributed by atoms with E-state index in [1.54, 1.807) is 0 Å². The molecule has 0 amide bonds. The summed E-state index contributed by atoms with van der Waals surface area (Å²) in [6.45, 7) is 5.25. The minimum absolute atomic E-state index is 0.0948. The molecule has 2 rings (SSSR count). The molecule has 2 nitrogen and oxygen atoms in total. The standard InChI is InChI=1S/C16H23ClO2/c1-3-18-14-10-9-13(11-15(14)19-4-2)16(17)12-7-5-6-8-12/h9-12,16H,3-8H2,1-2H3. The number of alkyl halides is 1. The quantitative estimate of drug-likeness (QED) is 0.687. The molecule has 0 bridgehead atoms. The van der Waals surface area contributed by atoms with Crippen LogP contribution >= 0.6 is 11.6 Å². The Morgan fingerprint density at radius 3 is 2.37 bits per heavy atom. The van der Waals surface area contributed by atoms with Crippen LogP contribution in [0.3, 0.4) is 0 Å². The Kier molecular flexibility index (Phi) is 5.38. The Bertz CT molecular complexity index is 400. The number of benzene rings is 1. The van der Waals surface area contributed by atoms with Crippen LogP contribution in [0.15, 0.2) is 18.2 Å². The van der Waals surface area contributed by atoms with Crippen molar-refractivity contribution < 1.29 is 9.47 Å². The number of rotatable bonds is 6. The first-order valence-corrected chi connectivity index (χ1v) is 7.73. The Morgan fingerprint density at radius 1 is 1.11 bits per heavy atom. The van der Waals surface area contributed by atoms with Gasteiger partial charge >= 0.3 is 0 Å². The topological polar surface area (TPSA) is 18.5 Å². The highest BCUT2D eigenvalue weighted by Crippen LogP contribution is 2.42. The summed E-state index contributed by atoms with van der Waals surface area (Å²) in [5, 5.41) is 0.0948. The van der Waals surface area contributed by atoms with E-state index in [2.05, 4.69) is 6.07 Å². The van der Waals surface area contributed by atoms with Crippen LogP contribution in [0.4, 0.5) is 0 Å². The van der Waals surface area contributed by atoms with Crippen molar-refractivity contribution in [1.29, 1.82) is 0 Å². The minimum atomic E-state index is 0.0948. The van der Waals surface area contributed by atoms with Crippen LogP contribution in [0.2, 0.25) is 0 Å². The first-order chi connectivity index (χ1) is 9.26. The first kappa shape index (κ1) is 14.5. The van der Waals surface area contributed by atoms with Crippen LogP contribution in [0.1, 0.15) is 50.5 Å². The van der Waals surface area contributed by atoms with Gasteiger partial charge in [-0.05, 0) is 50.3 Å². The monoisotopic (exact) mass is 282 g/mol. The Balaban J connectivity index is 2.18. The van der Waals surface area contributed by atoms with Gasteiger partial charge < -0.3 is 9.47 Å². The number of hydrogen-bond donors (Lipinski definition) is 0. The van der Waals surface area contributed by atoms with E-state index in [9.17, 15) is 0 Å². The lowest BCUT2D eigenvalue weighted by Gasteiger charge is -2.19. The minimum Gasteiger partial charge on any atom is -0.490 e. The van der Waals surface area contributed by atoms with Gasteiger partial charge in [-0.1, -0.05) is 18.9 Å². The lowest BCUT2D eigenvalue weighted by atomic mass is 9.97. The van der Waals surface area contributed by atoms with Crippen molar-refractivity contribution in [1.82, 2.24) is 0 Å². The summed E-state index contributed by atoms with van der Waals surface area (Å²) in [7, 11) is 0. The molecular formula is C16H23ClO2. The van der Waals surface area contributed by atoms with E-state index in [1.165, 1.54) is 25.7 Å². The molecule has 1 saturated carbocycles. The van der Waals surface area contributed by atoms with E-state index in [0.717, 1.165) is 17.1 Å². The number of halogens is 1. The van der Waals surface area contributed by atoms with Crippen LogP contribution in [-0.4, -0.2) is 13.2 Å². The summed E-state index contributed by atoms with van der Waals surface area (Å²) >= 11 is 6.62. The van der Waals surface area contributed by atoms with Gasteiger partial charge in [0.05, 0.1) is 18.6 Å². The lowest BCUT2D eigenvalue weighted by molar-refractivity contribution is 0.287. The Hall–Kier alpha value is -0.890. The molecule has 0 heterocycles. The van der Waals surface area contributed by atoms with Crippen molar-refractivity contribution in [2.75, 3.05) is 13.2 Å². The average molecular weight is 283 g/mol. The van der Waals surface area contributed by atoms with Gasteiger partial charge in [-0.2, -0.15) is 0 Å². The van der Waals surface area contributed by atoms with Crippen LogP contribution in [-0.2, 0) is 0 Å². The van der Waals surface area contributed by atoms with E-state index in [0.29, 0.717) is 19.1 Å². The highest BCUT2D eigenvalue weighted by Gasteiger charge is 2.25. The molecule has 1 aromatic carbocycles. The molecule has 1 atom stereocenters. The highest BCUT2D eigenvalue weighted by molar-refractivity contribution is 6.21. The summed E-state index contributed by atoms with van der Waals surface area (Å²) in [5.41, 5.74) is 1.15. The summed E-state index contributed by atoms with van der Waals surface area (Å²) in [5.74, 6) is 2.22. The largest absolute Gasteiger partial charge is 0.490 e. The maximum absolute atomic E-state index is 6.62. The zero-order valence-corrected chi connectivity index (χ0v) is 12.6. The number of hydrogen-bond acceptors (Lipinski definition) is 2. The fourth-order valence-corrected chi connectivity index (χ4v) is 3.15. The second-order valence-electron chi connectivity index (χ2n) is 5.02. The predicted molar refractivity (Wildman–Crippen MR) is 79.3 cm³/mol. The average Bonchev–Trinajstić information content (AvgIpc) is 2.94.